The number of non-ortho nitro benzene ring substituents is 1. The van der Waals surface area contributed by atoms with Crippen molar-refractivity contribution in [1.29, 1.82) is 0 Å². The lowest BCUT2D eigenvalue weighted by molar-refractivity contribution is -0.384. The van der Waals surface area contributed by atoms with Crippen molar-refractivity contribution in [2.24, 2.45) is 0 Å². The third-order valence-electron chi connectivity index (χ3n) is 4.51. The van der Waals surface area contributed by atoms with E-state index in [1.54, 1.807) is 26.1 Å². The molecule has 0 bridgehead atoms. The smallest absolute Gasteiger partial charge is 0.276 e. The normalized spacial score (nSPS) is 10.6. The number of amides is 1. The van der Waals surface area contributed by atoms with Gasteiger partial charge >= 0.3 is 0 Å². The second-order valence-corrected chi connectivity index (χ2v) is 6.55. The maximum Gasteiger partial charge on any atom is 0.276 e. The number of hydrogen-bond donors (Lipinski definition) is 0. The zero-order valence-electron chi connectivity index (χ0n) is 16.4. The monoisotopic (exact) mass is 395 g/mol. The molecule has 3 aromatic rings. The van der Waals surface area contributed by atoms with Crippen molar-refractivity contribution < 1.29 is 14.5 Å². The summed E-state index contributed by atoms with van der Waals surface area (Å²) in [6.07, 6.45) is 0. The van der Waals surface area contributed by atoms with E-state index in [1.807, 2.05) is 31.2 Å². The van der Waals surface area contributed by atoms with Gasteiger partial charge in [-0.1, -0.05) is 29.5 Å². The van der Waals surface area contributed by atoms with Gasteiger partial charge in [-0.3, -0.25) is 14.9 Å². The quantitative estimate of drug-likeness (QED) is 0.450. The minimum absolute atomic E-state index is 0.0595. The zero-order chi connectivity index (χ0) is 21.0. The highest BCUT2D eigenvalue weighted by Gasteiger charge is 2.21. The Kier molecular flexibility index (Phi) is 5.87. The Hall–Kier alpha value is -3.75. The van der Waals surface area contributed by atoms with Gasteiger partial charge in [0.2, 0.25) is 0 Å². The molecule has 0 unspecified atom stereocenters. The Morgan fingerprint density at radius 2 is 1.97 bits per heavy atom. The zero-order valence-corrected chi connectivity index (χ0v) is 16.4. The van der Waals surface area contributed by atoms with Crippen LogP contribution in [0.4, 0.5) is 5.69 Å². The van der Waals surface area contributed by atoms with E-state index in [9.17, 15) is 14.9 Å². The fourth-order valence-electron chi connectivity index (χ4n) is 2.80. The van der Waals surface area contributed by atoms with E-state index >= 15 is 0 Å². The number of carbonyl (C=O) groups is 1. The summed E-state index contributed by atoms with van der Waals surface area (Å²) in [6.45, 7) is 4.37. The van der Waals surface area contributed by atoms with E-state index < -0.39 is 4.92 Å². The first-order chi connectivity index (χ1) is 13.9. The minimum Gasteiger partial charge on any atom is -0.491 e. The molecule has 0 fully saturated rings. The molecule has 2 aromatic carbocycles. The number of nitro groups is 1. The van der Waals surface area contributed by atoms with Crippen molar-refractivity contribution in [3.05, 3.63) is 75.6 Å². The van der Waals surface area contributed by atoms with Crippen molar-refractivity contribution in [2.45, 2.75) is 13.8 Å². The molecule has 3 rings (SSSR count). The van der Waals surface area contributed by atoms with Crippen LogP contribution in [0, 0.1) is 24.0 Å². The highest BCUT2D eigenvalue weighted by molar-refractivity contribution is 5.93. The number of aromatic nitrogens is 3. The number of para-hydroxylation sites is 1. The molecule has 150 valence electrons. The summed E-state index contributed by atoms with van der Waals surface area (Å²) < 4.78 is 7.15. The Balaban J connectivity index is 1.69. The molecule has 1 aromatic heterocycles. The first-order valence-electron chi connectivity index (χ1n) is 8.99. The maximum absolute atomic E-state index is 12.7. The Bertz CT molecular complexity index is 1050. The van der Waals surface area contributed by atoms with Crippen molar-refractivity contribution in [3.63, 3.8) is 0 Å². The van der Waals surface area contributed by atoms with E-state index in [0.29, 0.717) is 24.5 Å². The lowest BCUT2D eigenvalue weighted by Gasteiger charge is -2.17. The first-order valence-corrected chi connectivity index (χ1v) is 8.99. The molecule has 0 N–H and O–H groups in total. The molecule has 9 nitrogen and oxygen atoms in total. The maximum atomic E-state index is 12.7. The van der Waals surface area contributed by atoms with E-state index in [0.717, 1.165) is 11.3 Å². The van der Waals surface area contributed by atoms with Crippen LogP contribution in [0.2, 0.25) is 0 Å². The van der Waals surface area contributed by atoms with Crippen LogP contribution in [0.5, 0.6) is 5.75 Å². The van der Waals surface area contributed by atoms with Crippen LogP contribution < -0.4 is 4.74 Å². The van der Waals surface area contributed by atoms with Gasteiger partial charge < -0.3 is 9.64 Å². The Labute approximate surface area is 167 Å². The summed E-state index contributed by atoms with van der Waals surface area (Å²) >= 11 is 0. The highest BCUT2D eigenvalue weighted by atomic mass is 16.6. The largest absolute Gasteiger partial charge is 0.491 e. The van der Waals surface area contributed by atoms with Crippen molar-refractivity contribution in [3.8, 4) is 11.4 Å². The van der Waals surface area contributed by atoms with Crippen LogP contribution in [0.25, 0.3) is 5.69 Å². The summed E-state index contributed by atoms with van der Waals surface area (Å²) in [5.41, 5.74) is 2.12. The summed E-state index contributed by atoms with van der Waals surface area (Å²) in [5.74, 6) is 0.480. The molecular formula is C20H21N5O4. The first kappa shape index (κ1) is 20.0. The molecule has 0 atom stereocenters. The van der Waals surface area contributed by atoms with Crippen molar-refractivity contribution in [1.82, 2.24) is 19.9 Å². The fraction of sp³-hybridized carbons (Fsp3) is 0.250. The summed E-state index contributed by atoms with van der Waals surface area (Å²) in [4.78, 5) is 24.7. The van der Waals surface area contributed by atoms with Crippen LogP contribution in [0.3, 0.4) is 0 Å². The second kappa shape index (κ2) is 8.51. The molecule has 1 amide bonds. The van der Waals surface area contributed by atoms with Gasteiger partial charge in [-0.05, 0) is 31.5 Å². The highest BCUT2D eigenvalue weighted by Crippen LogP contribution is 2.19. The number of aryl methyl sites for hydroxylation is 1. The number of ether oxygens (including phenoxy) is 1. The number of nitro benzene ring substituents is 1. The van der Waals surface area contributed by atoms with Crippen LogP contribution >= 0.6 is 0 Å². The molecule has 0 saturated heterocycles. The van der Waals surface area contributed by atoms with Gasteiger partial charge in [-0.15, -0.1) is 5.10 Å². The molecule has 9 heteroatoms. The van der Waals surface area contributed by atoms with Crippen LogP contribution in [-0.2, 0) is 0 Å². The van der Waals surface area contributed by atoms with Gasteiger partial charge in [0.15, 0.2) is 5.69 Å². The van der Waals surface area contributed by atoms with E-state index in [2.05, 4.69) is 10.3 Å². The number of likely N-dealkylation sites (N-methyl/N-ethyl adjacent to an activating group) is 1. The van der Waals surface area contributed by atoms with Crippen molar-refractivity contribution in [2.75, 3.05) is 20.2 Å². The number of nitrogens with zero attached hydrogens (tertiary/aromatic N) is 5. The summed E-state index contributed by atoms with van der Waals surface area (Å²) in [5, 5.41) is 19.0. The van der Waals surface area contributed by atoms with Gasteiger partial charge in [0, 0.05) is 19.2 Å². The average molecular weight is 395 g/mol. The molecule has 0 aliphatic rings. The van der Waals surface area contributed by atoms with Crippen LogP contribution in [0.15, 0.2) is 48.5 Å². The summed E-state index contributed by atoms with van der Waals surface area (Å²) in [7, 11) is 1.66. The molecule has 0 spiro atoms. The SMILES string of the molecule is Cc1ccccc1OCCN(C)C(=O)c1nnn(-c2cccc([N+](=O)[O-])c2)c1C. The number of rotatable bonds is 7. The van der Waals surface area contributed by atoms with Gasteiger partial charge in [-0.2, -0.15) is 0 Å². The minimum atomic E-state index is -0.482. The summed E-state index contributed by atoms with van der Waals surface area (Å²) in [6, 6.07) is 13.7. The molecule has 1 heterocycles. The standard InChI is InChI=1S/C20H21N5O4/c1-14-7-4-5-10-18(14)29-12-11-23(3)20(26)19-15(2)24(22-21-19)16-8-6-9-17(13-16)25(27)28/h4-10,13H,11-12H2,1-3H3. The van der Waals surface area contributed by atoms with Gasteiger partial charge in [0.05, 0.1) is 22.8 Å². The molecular weight excluding hydrogens is 374 g/mol. The number of hydrogen-bond acceptors (Lipinski definition) is 6. The fourth-order valence-corrected chi connectivity index (χ4v) is 2.80. The average Bonchev–Trinajstić information content (AvgIpc) is 3.10. The molecule has 0 aliphatic heterocycles. The molecule has 0 radical (unpaired) electrons. The van der Waals surface area contributed by atoms with Crippen LogP contribution in [-0.4, -0.2) is 50.9 Å². The molecule has 0 saturated carbocycles. The van der Waals surface area contributed by atoms with E-state index in [4.69, 9.17) is 4.74 Å². The third-order valence-corrected chi connectivity index (χ3v) is 4.51. The van der Waals surface area contributed by atoms with Gasteiger partial charge in [-0.25, -0.2) is 4.68 Å². The van der Waals surface area contributed by atoms with Crippen LogP contribution in [0.1, 0.15) is 21.7 Å². The second-order valence-electron chi connectivity index (χ2n) is 6.55. The van der Waals surface area contributed by atoms with Crippen molar-refractivity contribution >= 4 is 11.6 Å². The van der Waals surface area contributed by atoms with E-state index in [-0.39, 0.29) is 17.3 Å². The lowest BCUT2D eigenvalue weighted by atomic mass is 10.2. The third kappa shape index (κ3) is 4.40. The van der Waals surface area contributed by atoms with Gasteiger partial charge in [0.1, 0.15) is 12.4 Å². The molecule has 0 aliphatic carbocycles. The predicted octanol–water partition coefficient (Wildman–Crippen LogP) is 2.94. The Morgan fingerprint density at radius 1 is 1.21 bits per heavy atom. The van der Waals surface area contributed by atoms with E-state index in [1.165, 1.54) is 21.7 Å². The van der Waals surface area contributed by atoms with Gasteiger partial charge in [0.25, 0.3) is 11.6 Å². The number of carbonyl (C=O) groups excluding carboxylic acids is 1. The Morgan fingerprint density at radius 3 is 2.69 bits per heavy atom. The predicted molar refractivity (Wildman–Crippen MR) is 106 cm³/mol. The topological polar surface area (TPSA) is 103 Å². The lowest BCUT2D eigenvalue weighted by Crippen LogP contribution is -2.31. The number of benzene rings is 2. The molecule has 29 heavy (non-hydrogen) atoms.